The Morgan fingerprint density at radius 3 is 3.05 bits per heavy atom. The number of nitrogens with one attached hydrogen (secondary N) is 3. The molecule has 4 rings (SSSR count). The molecule has 0 saturated carbocycles. The molecular weight excluding hydrogens is 248 g/mol. The van der Waals surface area contributed by atoms with Gasteiger partial charge in [0, 0.05) is 37.1 Å². The standard InChI is InChI=1S/C16H22N4/c1-2-5-11(4-1)16-13-8-14(12-6-3-7-17-9-12)18-10-15(13)19-20-16/h3-4,6-7,9,13-16,18-20H,1-2,5,8,10H2. The normalized spacial score (nSPS) is 36.7. The second kappa shape index (κ2) is 5.28. The van der Waals surface area contributed by atoms with Gasteiger partial charge >= 0.3 is 0 Å². The molecule has 3 heterocycles. The number of rotatable bonds is 2. The number of pyridine rings is 1. The number of fused-ring (bicyclic) bond motifs is 1. The van der Waals surface area contributed by atoms with Gasteiger partial charge in [-0.3, -0.25) is 15.8 Å². The molecule has 2 fully saturated rings. The lowest BCUT2D eigenvalue weighted by atomic mass is 9.80. The minimum absolute atomic E-state index is 0.441. The van der Waals surface area contributed by atoms with Gasteiger partial charge in [-0.2, -0.15) is 0 Å². The van der Waals surface area contributed by atoms with Gasteiger partial charge < -0.3 is 5.32 Å². The van der Waals surface area contributed by atoms with Gasteiger partial charge in [-0.1, -0.05) is 17.7 Å². The van der Waals surface area contributed by atoms with Crippen LogP contribution in [0.5, 0.6) is 0 Å². The fraction of sp³-hybridized carbons (Fsp3) is 0.562. The van der Waals surface area contributed by atoms with Gasteiger partial charge in [-0.05, 0) is 43.2 Å². The predicted molar refractivity (Wildman–Crippen MR) is 78.9 cm³/mol. The first kappa shape index (κ1) is 12.5. The molecule has 0 radical (unpaired) electrons. The topological polar surface area (TPSA) is 49.0 Å². The third kappa shape index (κ3) is 2.18. The highest BCUT2D eigenvalue weighted by Gasteiger charge is 2.42. The van der Waals surface area contributed by atoms with Gasteiger partial charge in [0.1, 0.15) is 0 Å². The van der Waals surface area contributed by atoms with Crippen LogP contribution in [0.3, 0.4) is 0 Å². The smallest absolute Gasteiger partial charge is 0.0467 e. The molecule has 0 amide bonds. The Balaban J connectivity index is 1.53. The Morgan fingerprint density at radius 2 is 2.25 bits per heavy atom. The first-order valence-electron chi connectivity index (χ1n) is 7.75. The van der Waals surface area contributed by atoms with Crippen LogP contribution in [0.4, 0.5) is 0 Å². The summed E-state index contributed by atoms with van der Waals surface area (Å²) >= 11 is 0. The summed E-state index contributed by atoms with van der Waals surface area (Å²) in [6.07, 6.45) is 11.3. The molecule has 1 aromatic heterocycles. The summed E-state index contributed by atoms with van der Waals surface area (Å²) in [4.78, 5) is 4.26. The van der Waals surface area contributed by atoms with Crippen LogP contribution in [0.25, 0.3) is 0 Å². The van der Waals surface area contributed by atoms with E-state index in [9.17, 15) is 0 Å². The zero-order valence-corrected chi connectivity index (χ0v) is 11.7. The summed E-state index contributed by atoms with van der Waals surface area (Å²) in [6, 6.07) is 5.74. The zero-order chi connectivity index (χ0) is 13.4. The molecule has 0 bridgehead atoms. The first-order valence-corrected chi connectivity index (χ1v) is 7.75. The maximum Gasteiger partial charge on any atom is 0.0467 e. The van der Waals surface area contributed by atoms with Crippen molar-refractivity contribution in [2.45, 2.75) is 43.8 Å². The Kier molecular flexibility index (Phi) is 3.30. The van der Waals surface area contributed by atoms with Crippen molar-refractivity contribution in [1.82, 2.24) is 21.2 Å². The number of aromatic nitrogens is 1. The lowest BCUT2D eigenvalue weighted by Gasteiger charge is -2.34. The van der Waals surface area contributed by atoms with Gasteiger partial charge in [0.2, 0.25) is 0 Å². The van der Waals surface area contributed by atoms with Crippen molar-refractivity contribution in [3.8, 4) is 0 Å². The van der Waals surface area contributed by atoms with E-state index in [-0.39, 0.29) is 0 Å². The highest BCUT2D eigenvalue weighted by Crippen LogP contribution is 2.36. The van der Waals surface area contributed by atoms with E-state index in [1.165, 1.54) is 31.2 Å². The maximum absolute atomic E-state index is 4.26. The Hall–Kier alpha value is -1.23. The van der Waals surface area contributed by atoms with Crippen LogP contribution >= 0.6 is 0 Å². The fourth-order valence-corrected chi connectivity index (χ4v) is 3.95. The van der Waals surface area contributed by atoms with Crippen LogP contribution < -0.4 is 16.2 Å². The number of allylic oxidation sites excluding steroid dienone is 1. The van der Waals surface area contributed by atoms with E-state index in [1.807, 2.05) is 18.5 Å². The van der Waals surface area contributed by atoms with Crippen molar-refractivity contribution in [2.75, 3.05) is 6.54 Å². The molecule has 4 unspecified atom stereocenters. The van der Waals surface area contributed by atoms with Crippen LogP contribution in [0.1, 0.15) is 37.3 Å². The van der Waals surface area contributed by atoms with Crippen LogP contribution in [0, 0.1) is 5.92 Å². The van der Waals surface area contributed by atoms with E-state index in [0.29, 0.717) is 24.0 Å². The average Bonchev–Trinajstić information content (AvgIpc) is 3.16. The highest BCUT2D eigenvalue weighted by atomic mass is 15.4. The van der Waals surface area contributed by atoms with Gasteiger partial charge in [0.15, 0.2) is 0 Å². The van der Waals surface area contributed by atoms with Gasteiger partial charge in [-0.25, -0.2) is 0 Å². The average molecular weight is 270 g/mol. The van der Waals surface area contributed by atoms with Gasteiger partial charge in [0.25, 0.3) is 0 Å². The van der Waals surface area contributed by atoms with Crippen molar-refractivity contribution in [1.29, 1.82) is 0 Å². The predicted octanol–water partition coefficient (Wildman–Crippen LogP) is 1.69. The summed E-state index contributed by atoms with van der Waals surface area (Å²) in [5.41, 5.74) is 9.97. The van der Waals surface area contributed by atoms with E-state index in [2.05, 4.69) is 33.3 Å². The van der Waals surface area contributed by atoms with E-state index in [4.69, 9.17) is 0 Å². The lowest BCUT2D eigenvalue weighted by molar-refractivity contribution is 0.274. The SMILES string of the molecule is C1=C(C2NNC3CNC(c4cccnc4)CC32)CCC1. The molecule has 0 aromatic carbocycles. The van der Waals surface area contributed by atoms with Crippen LogP contribution in [0.15, 0.2) is 36.2 Å². The Bertz CT molecular complexity index is 498. The molecule has 3 N–H and O–H groups in total. The molecule has 4 heteroatoms. The van der Waals surface area contributed by atoms with Gasteiger partial charge in [0.05, 0.1) is 0 Å². The van der Waals surface area contributed by atoms with Crippen molar-refractivity contribution in [2.24, 2.45) is 5.92 Å². The zero-order valence-electron chi connectivity index (χ0n) is 11.7. The summed E-state index contributed by atoms with van der Waals surface area (Å²) in [5.74, 6) is 0.686. The minimum atomic E-state index is 0.441. The molecule has 20 heavy (non-hydrogen) atoms. The largest absolute Gasteiger partial charge is 0.308 e. The third-order valence-corrected chi connectivity index (χ3v) is 5.02. The summed E-state index contributed by atoms with van der Waals surface area (Å²) < 4.78 is 0. The molecule has 106 valence electrons. The van der Waals surface area contributed by atoms with Crippen molar-refractivity contribution < 1.29 is 0 Å². The fourth-order valence-electron chi connectivity index (χ4n) is 3.95. The van der Waals surface area contributed by atoms with E-state index < -0.39 is 0 Å². The molecule has 3 aliphatic rings. The van der Waals surface area contributed by atoms with Crippen molar-refractivity contribution in [3.05, 3.63) is 41.7 Å². The van der Waals surface area contributed by atoms with E-state index >= 15 is 0 Å². The highest BCUT2D eigenvalue weighted by molar-refractivity contribution is 5.22. The van der Waals surface area contributed by atoms with Gasteiger partial charge in [-0.15, -0.1) is 0 Å². The summed E-state index contributed by atoms with van der Waals surface area (Å²) in [6.45, 7) is 1.03. The number of piperidine rings is 1. The second-order valence-electron chi connectivity index (χ2n) is 6.19. The summed E-state index contributed by atoms with van der Waals surface area (Å²) in [5, 5.41) is 3.66. The molecule has 0 spiro atoms. The number of hydrogen-bond donors (Lipinski definition) is 3. The molecule has 4 atom stereocenters. The van der Waals surface area contributed by atoms with Crippen LogP contribution in [0.2, 0.25) is 0 Å². The number of nitrogens with zero attached hydrogens (tertiary/aromatic N) is 1. The second-order valence-corrected chi connectivity index (χ2v) is 6.19. The first-order chi connectivity index (χ1) is 9.92. The Morgan fingerprint density at radius 1 is 1.25 bits per heavy atom. The summed E-state index contributed by atoms with van der Waals surface area (Å²) in [7, 11) is 0. The van der Waals surface area contributed by atoms with E-state index in [1.54, 1.807) is 5.57 Å². The molecule has 4 nitrogen and oxygen atoms in total. The third-order valence-electron chi connectivity index (χ3n) is 5.02. The van der Waals surface area contributed by atoms with Crippen molar-refractivity contribution >= 4 is 0 Å². The Labute approximate surface area is 120 Å². The van der Waals surface area contributed by atoms with Crippen molar-refractivity contribution in [3.63, 3.8) is 0 Å². The monoisotopic (exact) mass is 270 g/mol. The number of hydrogen-bond acceptors (Lipinski definition) is 4. The van der Waals surface area contributed by atoms with Crippen LogP contribution in [-0.4, -0.2) is 23.6 Å². The number of hydrazine groups is 1. The molecule has 2 aliphatic heterocycles. The molecule has 1 aliphatic carbocycles. The maximum atomic E-state index is 4.26. The van der Waals surface area contributed by atoms with Crippen LogP contribution in [-0.2, 0) is 0 Å². The molecule has 2 saturated heterocycles. The molecule has 1 aromatic rings. The minimum Gasteiger partial charge on any atom is -0.308 e. The molecular formula is C16H22N4. The van der Waals surface area contributed by atoms with E-state index in [0.717, 1.165) is 6.54 Å². The lowest BCUT2D eigenvalue weighted by Crippen LogP contribution is -2.46. The quantitative estimate of drug-likeness (QED) is 0.716.